The Bertz CT molecular complexity index is 691. The van der Waals surface area contributed by atoms with Gasteiger partial charge in [-0.25, -0.2) is 0 Å². The maximum absolute atomic E-state index is 6.12. The van der Waals surface area contributed by atoms with Crippen LogP contribution in [-0.4, -0.2) is 50.9 Å². The molecule has 1 aromatic carbocycles. The molecule has 28 heavy (non-hydrogen) atoms. The monoisotopic (exact) mass is 496 g/mol. The summed E-state index contributed by atoms with van der Waals surface area (Å²) >= 11 is 0. The maximum atomic E-state index is 6.12. The zero-order valence-electron chi connectivity index (χ0n) is 16.8. The largest absolute Gasteiger partial charge is 0.377 e. The predicted molar refractivity (Wildman–Crippen MR) is 125 cm³/mol. The number of nitrogens with zero attached hydrogens (tertiary/aromatic N) is 2. The number of fused-ring (bicyclic) bond motifs is 2. The lowest BCUT2D eigenvalue weighted by Gasteiger charge is -2.57. The van der Waals surface area contributed by atoms with Crippen molar-refractivity contribution in [2.24, 2.45) is 16.3 Å². The van der Waals surface area contributed by atoms with Gasteiger partial charge in [-0.2, -0.15) is 0 Å². The third-order valence-corrected chi connectivity index (χ3v) is 7.45. The molecule has 1 aromatic rings. The number of halogens is 1. The lowest BCUT2D eigenvalue weighted by atomic mass is 9.54. The molecule has 6 heteroatoms. The number of guanidine groups is 1. The molecule has 2 saturated heterocycles. The van der Waals surface area contributed by atoms with Gasteiger partial charge in [0.2, 0.25) is 0 Å². The van der Waals surface area contributed by atoms with Crippen molar-refractivity contribution < 1.29 is 4.74 Å². The van der Waals surface area contributed by atoms with E-state index in [2.05, 4.69) is 50.9 Å². The molecule has 0 radical (unpaired) electrons. The third kappa shape index (κ3) is 3.40. The van der Waals surface area contributed by atoms with E-state index in [0.29, 0.717) is 29.5 Å². The second kappa shape index (κ2) is 8.38. The highest BCUT2D eigenvalue weighted by atomic mass is 127. The molecule has 4 atom stereocenters. The van der Waals surface area contributed by atoms with E-state index in [-0.39, 0.29) is 24.0 Å². The Morgan fingerprint density at radius 1 is 1.14 bits per heavy atom. The fraction of sp³-hybridized carbons (Fsp3) is 0.682. The highest BCUT2D eigenvalue weighted by Gasteiger charge is 2.65. The number of benzene rings is 1. The first-order valence-corrected chi connectivity index (χ1v) is 10.7. The van der Waals surface area contributed by atoms with Gasteiger partial charge < -0.3 is 20.3 Å². The molecule has 5 nitrogen and oxygen atoms in total. The lowest BCUT2D eigenvalue weighted by Crippen LogP contribution is -2.69. The van der Waals surface area contributed by atoms with E-state index in [1.807, 2.05) is 7.05 Å². The third-order valence-electron chi connectivity index (χ3n) is 7.45. The van der Waals surface area contributed by atoms with E-state index < -0.39 is 0 Å². The molecule has 0 aromatic heterocycles. The van der Waals surface area contributed by atoms with Crippen molar-refractivity contribution in [2.75, 3.05) is 31.6 Å². The number of hydrogen-bond donors (Lipinski definition) is 2. The van der Waals surface area contributed by atoms with Gasteiger partial charge in [-0.3, -0.25) is 4.99 Å². The zero-order valence-corrected chi connectivity index (χ0v) is 19.1. The summed E-state index contributed by atoms with van der Waals surface area (Å²) in [5.41, 5.74) is 1.68. The Labute approximate surface area is 185 Å². The van der Waals surface area contributed by atoms with Gasteiger partial charge in [0, 0.05) is 55.8 Å². The van der Waals surface area contributed by atoms with Gasteiger partial charge >= 0.3 is 0 Å². The molecular formula is C22H33IN4O. The van der Waals surface area contributed by atoms with Crippen molar-refractivity contribution in [1.29, 1.82) is 0 Å². The summed E-state index contributed by atoms with van der Waals surface area (Å²) < 4.78 is 6.12. The second-order valence-corrected chi connectivity index (χ2v) is 8.79. The van der Waals surface area contributed by atoms with Crippen LogP contribution in [0.5, 0.6) is 0 Å². The van der Waals surface area contributed by atoms with E-state index in [1.165, 1.54) is 37.8 Å². The number of rotatable bonds is 3. The molecule has 2 heterocycles. The Hall–Kier alpha value is -1.02. The van der Waals surface area contributed by atoms with Crippen molar-refractivity contribution in [3.05, 3.63) is 30.3 Å². The molecule has 4 aliphatic rings. The van der Waals surface area contributed by atoms with Crippen LogP contribution in [0, 0.1) is 11.3 Å². The van der Waals surface area contributed by atoms with Gasteiger partial charge in [-0.1, -0.05) is 31.0 Å². The molecule has 0 bridgehead atoms. The number of aliphatic imine (C=N–C) groups is 1. The number of para-hydroxylation sites is 1. The van der Waals surface area contributed by atoms with Crippen molar-refractivity contribution in [2.45, 2.75) is 56.7 Å². The van der Waals surface area contributed by atoms with Crippen LogP contribution in [-0.2, 0) is 4.74 Å². The first-order valence-electron chi connectivity index (χ1n) is 10.7. The lowest BCUT2D eigenvalue weighted by molar-refractivity contribution is -0.125. The van der Waals surface area contributed by atoms with Crippen LogP contribution in [0.25, 0.3) is 0 Å². The Balaban J connectivity index is 0.00000192. The molecule has 2 N–H and O–H groups in total. The molecule has 0 amide bonds. The second-order valence-electron chi connectivity index (χ2n) is 8.79. The minimum Gasteiger partial charge on any atom is -0.377 e. The Kier molecular flexibility index (Phi) is 6.06. The molecule has 2 aliphatic heterocycles. The SMILES string of the molecule is CN=C(NC1CCN(c2ccccc2)C1)NC1C2CCOC2C12CCCC2.I. The number of anilines is 1. The van der Waals surface area contributed by atoms with Gasteiger partial charge in [0.05, 0.1) is 6.10 Å². The number of hydrogen-bond acceptors (Lipinski definition) is 3. The minimum absolute atomic E-state index is 0. The van der Waals surface area contributed by atoms with Crippen LogP contribution < -0.4 is 15.5 Å². The average molecular weight is 496 g/mol. The molecule has 2 aliphatic carbocycles. The summed E-state index contributed by atoms with van der Waals surface area (Å²) in [6, 6.07) is 11.7. The normalized spacial score (nSPS) is 33.3. The van der Waals surface area contributed by atoms with E-state index in [9.17, 15) is 0 Å². The van der Waals surface area contributed by atoms with Crippen LogP contribution in [0.3, 0.4) is 0 Å². The van der Waals surface area contributed by atoms with Crippen LogP contribution in [0.4, 0.5) is 5.69 Å². The molecule has 4 fully saturated rings. The minimum atomic E-state index is 0. The molecule has 154 valence electrons. The molecule has 1 spiro atoms. The Morgan fingerprint density at radius 3 is 2.68 bits per heavy atom. The maximum Gasteiger partial charge on any atom is 0.191 e. The first kappa shape index (κ1) is 20.3. The standard InChI is InChI=1S/C22H32N4O.HI/c1-23-21(24-16-9-13-26(15-16)17-7-3-2-4-8-17)25-19-18-10-14-27-20(18)22(19)11-5-6-12-22;/h2-4,7-8,16,18-20H,5-6,9-15H2,1H3,(H2,23,24,25);1H. The van der Waals surface area contributed by atoms with Crippen molar-refractivity contribution >= 4 is 35.6 Å². The summed E-state index contributed by atoms with van der Waals surface area (Å²) in [6.07, 6.45) is 8.18. The van der Waals surface area contributed by atoms with Crippen molar-refractivity contribution in [3.8, 4) is 0 Å². The fourth-order valence-electron chi connectivity index (χ4n) is 6.17. The highest BCUT2D eigenvalue weighted by Crippen LogP contribution is 2.60. The smallest absolute Gasteiger partial charge is 0.191 e. The van der Waals surface area contributed by atoms with Gasteiger partial charge in [-0.15, -0.1) is 24.0 Å². The van der Waals surface area contributed by atoms with Crippen LogP contribution in [0.15, 0.2) is 35.3 Å². The summed E-state index contributed by atoms with van der Waals surface area (Å²) in [6.45, 7) is 3.08. The van der Waals surface area contributed by atoms with Crippen molar-refractivity contribution in [3.63, 3.8) is 0 Å². The topological polar surface area (TPSA) is 48.9 Å². The molecular weight excluding hydrogens is 463 g/mol. The molecule has 5 rings (SSSR count). The van der Waals surface area contributed by atoms with Crippen molar-refractivity contribution in [1.82, 2.24) is 10.6 Å². The van der Waals surface area contributed by atoms with Crippen LogP contribution in [0.1, 0.15) is 38.5 Å². The van der Waals surface area contributed by atoms with E-state index >= 15 is 0 Å². The van der Waals surface area contributed by atoms with Crippen LogP contribution >= 0.6 is 24.0 Å². The molecule has 4 unspecified atom stereocenters. The van der Waals surface area contributed by atoms with E-state index in [0.717, 1.165) is 32.1 Å². The predicted octanol–water partition coefficient (Wildman–Crippen LogP) is 3.40. The number of ether oxygens (including phenoxy) is 1. The average Bonchev–Trinajstić information content (AvgIpc) is 3.45. The summed E-state index contributed by atoms with van der Waals surface area (Å²) in [5.74, 6) is 1.66. The number of nitrogens with one attached hydrogen (secondary N) is 2. The van der Waals surface area contributed by atoms with Gasteiger partial charge in [0.25, 0.3) is 0 Å². The summed E-state index contributed by atoms with van der Waals surface area (Å²) in [4.78, 5) is 7.04. The van der Waals surface area contributed by atoms with Gasteiger partial charge in [-0.05, 0) is 37.8 Å². The quantitative estimate of drug-likeness (QED) is 0.383. The zero-order chi connectivity index (χ0) is 18.3. The highest BCUT2D eigenvalue weighted by molar-refractivity contribution is 14.0. The van der Waals surface area contributed by atoms with Gasteiger partial charge in [0.1, 0.15) is 0 Å². The summed E-state index contributed by atoms with van der Waals surface area (Å²) in [7, 11) is 1.90. The van der Waals surface area contributed by atoms with E-state index in [1.54, 1.807) is 0 Å². The van der Waals surface area contributed by atoms with E-state index in [4.69, 9.17) is 4.74 Å². The van der Waals surface area contributed by atoms with Crippen LogP contribution in [0.2, 0.25) is 0 Å². The Morgan fingerprint density at radius 2 is 1.93 bits per heavy atom. The van der Waals surface area contributed by atoms with Gasteiger partial charge in [0.15, 0.2) is 5.96 Å². The summed E-state index contributed by atoms with van der Waals surface area (Å²) in [5, 5.41) is 7.54. The first-order chi connectivity index (χ1) is 13.3. The molecule has 2 saturated carbocycles. The fourth-order valence-corrected chi connectivity index (χ4v) is 6.17.